The Morgan fingerprint density at radius 2 is 2.06 bits per heavy atom. The zero-order valence-electron chi connectivity index (χ0n) is 9.21. The minimum atomic E-state index is 0.306. The molecule has 2 bridgehead atoms. The third-order valence-corrected chi connectivity index (χ3v) is 3.29. The zero-order valence-corrected chi connectivity index (χ0v) is 9.21. The zero-order chi connectivity index (χ0) is 10.8. The Bertz CT molecular complexity index is 372. The summed E-state index contributed by atoms with van der Waals surface area (Å²) in [7, 11) is 0. The number of fused-ring (bicyclic) bond motifs is 2. The molecule has 2 nitrogen and oxygen atoms in total. The highest BCUT2D eigenvalue weighted by molar-refractivity contribution is 5.13. The monoisotopic (exact) mass is 216 g/mol. The molecule has 2 aliphatic heterocycles. The van der Waals surface area contributed by atoms with Gasteiger partial charge in [0.2, 0.25) is 0 Å². The van der Waals surface area contributed by atoms with E-state index in [2.05, 4.69) is 24.3 Å². The van der Waals surface area contributed by atoms with Crippen molar-refractivity contribution < 1.29 is 9.47 Å². The van der Waals surface area contributed by atoms with Crippen molar-refractivity contribution in [2.24, 2.45) is 5.92 Å². The van der Waals surface area contributed by atoms with Crippen molar-refractivity contribution in [2.45, 2.75) is 25.2 Å². The van der Waals surface area contributed by atoms with Crippen LogP contribution in [0.3, 0.4) is 0 Å². The van der Waals surface area contributed by atoms with Gasteiger partial charge in [-0.2, -0.15) is 0 Å². The maximum absolute atomic E-state index is 5.74. The summed E-state index contributed by atoms with van der Waals surface area (Å²) >= 11 is 0. The van der Waals surface area contributed by atoms with E-state index < -0.39 is 0 Å². The third-order valence-electron chi connectivity index (χ3n) is 3.29. The summed E-state index contributed by atoms with van der Waals surface area (Å²) in [5, 5.41) is 0. The summed E-state index contributed by atoms with van der Waals surface area (Å²) in [4.78, 5) is 0. The van der Waals surface area contributed by atoms with Crippen molar-refractivity contribution in [1.29, 1.82) is 0 Å². The Balaban J connectivity index is 1.46. The molecule has 3 rings (SSSR count). The lowest BCUT2D eigenvalue weighted by atomic mass is 9.95. The predicted octanol–water partition coefficient (Wildman–Crippen LogP) is 2.55. The van der Waals surface area contributed by atoms with Gasteiger partial charge in [-0.15, -0.1) is 0 Å². The quantitative estimate of drug-likeness (QED) is 0.720. The molecule has 1 saturated heterocycles. The molecule has 0 spiro atoms. The van der Waals surface area contributed by atoms with Gasteiger partial charge in [0.05, 0.1) is 25.4 Å². The minimum Gasteiger partial charge on any atom is -0.376 e. The Kier molecular flexibility index (Phi) is 2.77. The molecule has 0 amide bonds. The van der Waals surface area contributed by atoms with Crippen molar-refractivity contribution in [2.75, 3.05) is 6.61 Å². The van der Waals surface area contributed by atoms with E-state index >= 15 is 0 Å². The molecule has 16 heavy (non-hydrogen) atoms. The summed E-state index contributed by atoms with van der Waals surface area (Å²) in [6.45, 7) is 1.51. The summed E-state index contributed by atoms with van der Waals surface area (Å²) in [6, 6.07) is 10.3. The number of ether oxygens (including phenoxy) is 2. The van der Waals surface area contributed by atoms with Crippen LogP contribution in [-0.2, 0) is 16.1 Å². The molecule has 0 saturated carbocycles. The highest BCUT2D eigenvalue weighted by Crippen LogP contribution is 2.33. The molecule has 2 heteroatoms. The topological polar surface area (TPSA) is 18.5 Å². The first-order valence-corrected chi connectivity index (χ1v) is 5.87. The van der Waals surface area contributed by atoms with Gasteiger partial charge in [0.25, 0.3) is 0 Å². The first-order chi connectivity index (χ1) is 7.92. The van der Waals surface area contributed by atoms with Gasteiger partial charge in [0.1, 0.15) is 0 Å². The smallest absolute Gasteiger partial charge is 0.0816 e. The molecule has 0 aromatic heterocycles. The van der Waals surface area contributed by atoms with Gasteiger partial charge in [-0.05, 0) is 12.0 Å². The highest BCUT2D eigenvalue weighted by atomic mass is 16.5. The van der Waals surface area contributed by atoms with Crippen molar-refractivity contribution in [3.05, 3.63) is 48.0 Å². The second-order valence-corrected chi connectivity index (χ2v) is 4.52. The van der Waals surface area contributed by atoms with Crippen LogP contribution in [0.2, 0.25) is 0 Å². The van der Waals surface area contributed by atoms with E-state index in [1.54, 1.807) is 0 Å². The first kappa shape index (κ1) is 10.1. The maximum atomic E-state index is 5.74. The number of benzene rings is 1. The fourth-order valence-corrected chi connectivity index (χ4v) is 2.43. The van der Waals surface area contributed by atoms with E-state index in [4.69, 9.17) is 9.47 Å². The third kappa shape index (κ3) is 2.04. The summed E-state index contributed by atoms with van der Waals surface area (Å²) in [6.07, 6.45) is 6.12. The van der Waals surface area contributed by atoms with Crippen LogP contribution in [0.5, 0.6) is 0 Å². The summed E-state index contributed by atoms with van der Waals surface area (Å²) < 4.78 is 11.4. The standard InChI is InChI=1S/C14H16O2/c1-2-4-11(5-3-1)9-15-10-12-8-13-6-7-14(12)16-13/h1-7,12-14H,8-10H2/t12-,13-,14+/m0/s1. The van der Waals surface area contributed by atoms with Crippen LogP contribution in [0.15, 0.2) is 42.5 Å². The molecule has 0 unspecified atom stereocenters. The fourth-order valence-electron chi connectivity index (χ4n) is 2.43. The van der Waals surface area contributed by atoms with Crippen LogP contribution in [0, 0.1) is 5.92 Å². The molecular formula is C14H16O2. The van der Waals surface area contributed by atoms with Gasteiger partial charge >= 0.3 is 0 Å². The summed E-state index contributed by atoms with van der Waals surface area (Å²) in [5.74, 6) is 0.554. The Hall–Kier alpha value is -1.12. The Morgan fingerprint density at radius 1 is 1.19 bits per heavy atom. The number of rotatable bonds is 4. The number of hydrogen-bond acceptors (Lipinski definition) is 2. The van der Waals surface area contributed by atoms with Gasteiger partial charge in [-0.3, -0.25) is 0 Å². The second-order valence-electron chi connectivity index (χ2n) is 4.52. The van der Waals surface area contributed by atoms with Crippen LogP contribution < -0.4 is 0 Å². The summed E-state index contributed by atoms with van der Waals surface area (Å²) in [5.41, 5.74) is 1.24. The SMILES string of the molecule is C1=C[C@H]2O[C@@H]1C[C@H]2COCc1ccccc1. The van der Waals surface area contributed by atoms with E-state index in [1.807, 2.05) is 18.2 Å². The normalized spacial score (nSPS) is 31.1. The van der Waals surface area contributed by atoms with Crippen LogP contribution in [0.25, 0.3) is 0 Å². The van der Waals surface area contributed by atoms with Crippen molar-refractivity contribution in [3.8, 4) is 0 Å². The van der Waals surface area contributed by atoms with Gasteiger partial charge in [0, 0.05) is 5.92 Å². The van der Waals surface area contributed by atoms with E-state index in [0.717, 1.165) is 13.0 Å². The van der Waals surface area contributed by atoms with E-state index in [-0.39, 0.29) is 0 Å². The molecule has 1 aromatic rings. The molecule has 2 heterocycles. The average molecular weight is 216 g/mol. The predicted molar refractivity (Wildman–Crippen MR) is 62.0 cm³/mol. The highest BCUT2D eigenvalue weighted by Gasteiger charge is 2.36. The Morgan fingerprint density at radius 3 is 2.75 bits per heavy atom. The van der Waals surface area contributed by atoms with E-state index in [9.17, 15) is 0 Å². The molecule has 0 radical (unpaired) electrons. The Labute approximate surface area is 95.9 Å². The molecule has 84 valence electrons. The van der Waals surface area contributed by atoms with Gasteiger partial charge in [-0.25, -0.2) is 0 Å². The van der Waals surface area contributed by atoms with Crippen LogP contribution in [0.1, 0.15) is 12.0 Å². The van der Waals surface area contributed by atoms with Gasteiger partial charge in [-0.1, -0.05) is 42.5 Å². The van der Waals surface area contributed by atoms with Crippen molar-refractivity contribution >= 4 is 0 Å². The fraction of sp³-hybridized carbons (Fsp3) is 0.429. The van der Waals surface area contributed by atoms with Crippen molar-refractivity contribution in [1.82, 2.24) is 0 Å². The van der Waals surface area contributed by atoms with Crippen molar-refractivity contribution in [3.63, 3.8) is 0 Å². The minimum absolute atomic E-state index is 0.306. The lowest BCUT2D eigenvalue weighted by Crippen LogP contribution is -2.18. The first-order valence-electron chi connectivity index (χ1n) is 5.87. The van der Waals surface area contributed by atoms with Crippen LogP contribution >= 0.6 is 0 Å². The van der Waals surface area contributed by atoms with Gasteiger partial charge < -0.3 is 9.47 Å². The largest absolute Gasteiger partial charge is 0.376 e. The molecule has 1 aromatic carbocycles. The molecule has 2 aliphatic rings. The second kappa shape index (κ2) is 4.40. The lowest BCUT2D eigenvalue weighted by molar-refractivity contribution is 0.0556. The van der Waals surface area contributed by atoms with Crippen LogP contribution in [0.4, 0.5) is 0 Å². The van der Waals surface area contributed by atoms with E-state index in [1.165, 1.54) is 5.56 Å². The number of hydrogen-bond donors (Lipinski definition) is 0. The van der Waals surface area contributed by atoms with E-state index in [0.29, 0.717) is 24.7 Å². The van der Waals surface area contributed by atoms with Gasteiger partial charge in [0.15, 0.2) is 0 Å². The molecule has 0 aliphatic carbocycles. The molecule has 0 N–H and O–H groups in total. The molecule has 3 atom stereocenters. The maximum Gasteiger partial charge on any atom is 0.0816 e. The molecule has 1 fully saturated rings. The lowest BCUT2D eigenvalue weighted by Gasteiger charge is -2.15. The molecular weight excluding hydrogens is 200 g/mol. The van der Waals surface area contributed by atoms with Crippen LogP contribution in [-0.4, -0.2) is 18.8 Å². The average Bonchev–Trinajstić information content (AvgIpc) is 2.92.